The van der Waals surface area contributed by atoms with E-state index in [9.17, 15) is 4.79 Å². The topological polar surface area (TPSA) is 46.3 Å². The zero-order chi connectivity index (χ0) is 20.0. The van der Waals surface area contributed by atoms with Gasteiger partial charge in [-0.25, -0.2) is 5.84 Å². The molecule has 0 heterocycles. The van der Waals surface area contributed by atoms with Crippen LogP contribution in [-0.4, -0.2) is 6.41 Å². The van der Waals surface area contributed by atoms with E-state index in [1.54, 1.807) is 0 Å². The van der Waals surface area contributed by atoms with Crippen LogP contribution in [0.3, 0.4) is 0 Å². The number of hydrogen-bond donors (Lipinski definition) is 1. The molecule has 2 aromatic carbocycles. The van der Waals surface area contributed by atoms with Crippen molar-refractivity contribution in [3.8, 4) is 0 Å². The van der Waals surface area contributed by atoms with E-state index in [0.29, 0.717) is 12.1 Å². The second-order valence-electron chi connectivity index (χ2n) is 9.02. The standard InChI is InChI=1S/C24H30N2O/c1-16-13-21-22(24(5,6)12-11-23(21,3)4)14-20(16)17(2)18-7-9-19(10-8-18)26(25)15-27/h7-10,13-15H,2,11-12,25H2,1,3-6H3. The first kappa shape index (κ1) is 19.4. The van der Waals surface area contributed by atoms with Crippen molar-refractivity contribution in [2.75, 3.05) is 5.01 Å². The third-order valence-corrected chi connectivity index (χ3v) is 6.15. The zero-order valence-electron chi connectivity index (χ0n) is 17.1. The van der Waals surface area contributed by atoms with Gasteiger partial charge in [0.1, 0.15) is 0 Å². The molecule has 3 rings (SSSR count). The number of aryl methyl sites for hydroxylation is 1. The summed E-state index contributed by atoms with van der Waals surface area (Å²) in [7, 11) is 0. The Labute approximate surface area is 162 Å². The Morgan fingerprint density at radius 1 is 1.04 bits per heavy atom. The van der Waals surface area contributed by atoms with Gasteiger partial charge in [0.2, 0.25) is 6.41 Å². The molecule has 0 unspecified atom stereocenters. The minimum atomic E-state index is 0.168. The van der Waals surface area contributed by atoms with Crippen molar-refractivity contribution in [1.29, 1.82) is 0 Å². The number of amides is 1. The molecule has 0 saturated carbocycles. The molecular weight excluding hydrogens is 332 g/mol. The maximum Gasteiger partial charge on any atom is 0.228 e. The van der Waals surface area contributed by atoms with E-state index < -0.39 is 0 Å². The zero-order valence-corrected chi connectivity index (χ0v) is 17.1. The molecule has 0 saturated heterocycles. The Morgan fingerprint density at radius 3 is 2.07 bits per heavy atom. The Kier molecular flexibility index (Phi) is 4.77. The van der Waals surface area contributed by atoms with E-state index in [-0.39, 0.29) is 10.8 Å². The lowest BCUT2D eigenvalue weighted by atomic mass is 9.62. The molecule has 0 fully saturated rings. The molecule has 0 bridgehead atoms. The molecule has 1 amide bonds. The van der Waals surface area contributed by atoms with Crippen molar-refractivity contribution in [1.82, 2.24) is 0 Å². The lowest BCUT2D eigenvalue weighted by Gasteiger charge is -2.42. The Hall–Kier alpha value is -2.39. The van der Waals surface area contributed by atoms with E-state index >= 15 is 0 Å². The van der Waals surface area contributed by atoms with Gasteiger partial charge in [-0.2, -0.15) is 0 Å². The largest absolute Gasteiger partial charge is 0.277 e. The fourth-order valence-electron chi connectivity index (χ4n) is 4.10. The predicted octanol–water partition coefficient (Wildman–Crippen LogP) is 5.24. The van der Waals surface area contributed by atoms with Crippen LogP contribution in [0, 0.1) is 6.92 Å². The quantitative estimate of drug-likeness (QED) is 0.350. The summed E-state index contributed by atoms with van der Waals surface area (Å²) in [5, 5.41) is 1.07. The fraction of sp³-hybridized carbons (Fsp3) is 0.375. The number of carbonyl (C=O) groups is 1. The maximum absolute atomic E-state index is 10.8. The monoisotopic (exact) mass is 362 g/mol. The summed E-state index contributed by atoms with van der Waals surface area (Å²) in [6, 6.07) is 12.3. The molecule has 0 aliphatic heterocycles. The number of anilines is 1. The van der Waals surface area contributed by atoms with E-state index in [1.165, 1.54) is 35.1 Å². The predicted molar refractivity (Wildman–Crippen MR) is 114 cm³/mol. The number of hydrogen-bond acceptors (Lipinski definition) is 2. The van der Waals surface area contributed by atoms with Crippen LogP contribution >= 0.6 is 0 Å². The smallest absolute Gasteiger partial charge is 0.228 e. The first-order valence-corrected chi connectivity index (χ1v) is 9.51. The minimum Gasteiger partial charge on any atom is -0.277 e. The number of rotatable bonds is 4. The van der Waals surface area contributed by atoms with Gasteiger partial charge in [-0.15, -0.1) is 0 Å². The highest BCUT2D eigenvalue weighted by molar-refractivity contribution is 5.82. The molecule has 0 aromatic heterocycles. The molecule has 1 aliphatic rings. The van der Waals surface area contributed by atoms with Gasteiger partial charge in [-0.1, -0.05) is 58.5 Å². The highest BCUT2D eigenvalue weighted by Gasteiger charge is 2.37. The van der Waals surface area contributed by atoms with Gasteiger partial charge in [-0.3, -0.25) is 9.80 Å². The molecule has 1 aliphatic carbocycles. The van der Waals surface area contributed by atoms with Crippen LogP contribution in [-0.2, 0) is 15.6 Å². The SMILES string of the molecule is C=C(c1ccc(N(N)C=O)cc1)c1cc2c(cc1C)C(C)(C)CCC2(C)C. The van der Waals surface area contributed by atoms with E-state index in [1.807, 2.05) is 24.3 Å². The van der Waals surface area contributed by atoms with Crippen LogP contribution in [0.1, 0.15) is 68.4 Å². The fourth-order valence-corrected chi connectivity index (χ4v) is 4.10. The summed E-state index contributed by atoms with van der Waals surface area (Å²) in [6.07, 6.45) is 3.00. The van der Waals surface area contributed by atoms with Crippen LogP contribution in [0.15, 0.2) is 43.0 Å². The van der Waals surface area contributed by atoms with Crippen molar-refractivity contribution >= 4 is 17.7 Å². The van der Waals surface area contributed by atoms with E-state index in [4.69, 9.17) is 5.84 Å². The first-order valence-electron chi connectivity index (χ1n) is 9.51. The van der Waals surface area contributed by atoms with Gasteiger partial charge in [0.25, 0.3) is 0 Å². The van der Waals surface area contributed by atoms with Crippen molar-refractivity contribution in [2.24, 2.45) is 5.84 Å². The number of nitrogens with zero attached hydrogens (tertiary/aromatic N) is 1. The summed E-state index contributed by atoms with van der Waals surface area (Å²) >= 11 is 0. The maximum atomic E-state index is 10.8. The number of hydrazine groups is 1. The summed E-state index contributed by atoms with van der Waals surface area (Å²) in [4.78, 5) is 10.8. The average Bonchev–Trinajstić information content (AvgIpc) is 2.64. The highest BCUT2D eigenvalue weighted by Crippen LogP contribution is 2.47. The molecule has 0 atom stereocenters. The Bertz CT molecular complexity index is 891. The van der Waals surface area contributed by atoms with Gasteiger partial charge < -0.3 is 0 Å². The Balaban J connectivity index is 2.05. The molecular formula is C24H30N2O. The Morgan fingerprint density at radius 2 is 1.56 bits per heavy atom. The number of fused-ring (bicyclic) bond motifs is 1. The average molecular weight is 363 g/mol. The van der Waals surface area contributed by atoms with Crippen LogP contribution in [0.4, 0.5) is 5.69 Å². The van der Waals surface area contributed by atoms with Gasteiger partial charge in [0.15, 0.2) is 0 Å². The molecule has 27 heavy (non-hydrogen) atoms. The first-order chi connectivity index (χ1) is 12.6. The molecule has 0 radical (unpaired) electrons. The number of nitrogens with two attached hydrogens (primary N) is 1. The summed E-state index contributed by atoms with van der Waals surface area (Å²) in [6.45, 7) is 15.9. The lowest BCUT2D eigenvalue weighted by Crippen LogP contribution is -2.34. The third kappa shape index (κ3) is 3.44. The lowest BCUT2D eigenvalue weighted by molar-refractivity contribution is -0.107. The van der Waals surface area contributed by atoms with Crippen molar-refractivity contribution in [2.45, 2.75) is 58.3 Å². The van der Waals surface area contributed by atoms with Gasteiger partial charge in [0.05, 0.1) is 5.69 Å². The van der Waals surface area contributed by atoms with Crippen molar-refractivity contribution in [3.05, 3.63) is 70.8 Å². The molecule has 142 valence electrons. The minimum absolute atomic E-state index is 0.168. The van der Waals surface area contributed by atoms with E-state index in [0.717, 1.165) is 16.1 Å². The van der Waals surface area contributed by atoms with Gasteiger partial charge in [-0.05, 0) is 76.1 Å². The van der Waals surface area contributed by atoms with Crippen LogP contribution in [0.5, 0.6) is 0 Å². The third-order valence-electron chi connectivity index (χ3n) is 6.15. The second kappa shape index (κ2) is 6.65. The summed E-state index contributed by atoms with van der Waals surface area (Å²) in [5.74, 6) is 5.63. The van der Waals surface area contributed by atoms with Crippen molar-refractivity contribution < 1.29 is 4.79 Å². The van der Waals surface area contributed by atoms with Crippen LogP contribution < -0.4 is 10.9 Å². The van der Waals surface area contributed by atoms with Crippen LogP contribution in [0.2, 0.25) is 0 Å². The molecule has 3 heteroatoms. The normalized spacial score (nSPS) is 17.1. The summed E-state index contributed by atoms with van der Waals surface area (Å²) < 4.78 is 0. The van der Waals surface area contributed by atoms with E-state index in [2.05, 4.69) is 53.3 Å². The van der Waals surface area contributed by atoms with Crippen molar-refractivity contribution in [3.63, 3.8) is 0 Å². The molecule has 2 aromatic rings. The van der Waals surface area contributed by atoms with Gasteiger partial charge in [0, 0.05) is 0 Å². The number of carbonyl (C=O) groups excluding carboxylic acids is 1. The van der Waals surface area contributed by atoms with Gasteiger partial charge >= 0.3 is 0 Å². The second-order valence-corrected chi connectivity index (χ2v) is 9.02. The van der Waals surface area contributed by atoms with Crippen LogP contribution in [0.25, 0.3) is 5.57 Å². The highest BCUT2D eigenvalue weighted by atomic mass is 16.1. The molecule has 2 N–H and O–H groups in total. The summed E-state index contributed by atoms with van der Waals surface area (Å²) in [5.41, 5.74) is 8.41. The number of benzene rings is 2. The molecule has 3 nitrogen and oxygen atoms in total. The molecule has 0 spiro atoms.